The number of hydrogen-bond donors (Lipinski definition) is 2. The number of amides is 2. The van der Waals surface area contributed by atoms with Gasteiger partial charge in [-0.15, -0.1) is 5.10 Å². The summed E-state index contributed by atoms with van der Waals surface area (Å²) >= 11 is 0. The number of nitrogens with one attached hydrogen (secondary N) is 1. The van der Waals surface area contributed by atoms with Gasteiger partial charge < -0.3 is 15.3 Å². The van der Waals surface area contributed by atoms with Gasteiger partial charge >= 0.3 is 0 Å². The Bertz CT molecular complexity index is 1330. The van der Waals surface area contributed by atoms with E-state index in [0.717, 1.165) is 12.1 Å². The van der Waals surface area contributed by atoms with E-state index in [-0.39, 0.29) is 30.4 Å². The van der Waals surface area contributed by atoms with Crippen LogP contribution in [0.5, 0.6) is 0 Å². The minimum Gasteiger partial charge on any atom is -0.391 e. The number of β-amino-alcohol motifs (C(OH)–C–C–N with tert-alkyl or cyclic N) is 1. The molecule has 2 heterocycles. The van der Waals surface area contributed by atoms with Crippen molar-refractivity contribution < 1.29 is 27.9 Å². The molecule has 3 aromatic rings. The highest BCUT2D eigenvalue weighted by molar-refractivity contribution is 5.90. The number of aliphatic hydroxyl groups excluding tert-OH is 1. The Hall–Kier alpha value is -3.73. The molecule has 4 atom stereocenters. The standard InChI is InChI=1S/C27H30F3N5O3/c1-14(2)25(35-12-15(3)32-33-35)27(38)34-13-19(36)11-22(34)26(37)31-16(4)17-5-7-18(8-6-17)20-9-10-21(28)24(30)23(20)29/h5-10,12,14,16,19,22,25,36H,11,13H2,1-4H3,(H,31,37)/t16-,19+,22-,25-/m0/s1. The summed E-state index contributed by atoms with van der Waals surface area (Å²) in [6.07, 6.45) is 0.919. The lowest BCUT2D eigenvalue weighted by Gasteiger charge is -2.30. The van der Waals surface area contributed by atoms with Crippen molar-refractivity contribution in [2.45, 2.75) is 58.3 Å². The van der Waals surface area contributed by atoms with E-state index in [1.807, 2.05) is 13.8 Å². The maximum Gasteiger partial charge on any atom is 0.248 e. The number of nitrogens with zero attached hydrogens (tertiary/aromatic N) is 4. The quantitative estimate of drug-likeness (QED) is 0.455. The van der Waals surface area contributed by atoms with E-state index < -0.39 is 47.6 Å². The summed E-state index contributed by atoms with van der Waals surface area (Å²) in [7, 11) is 0. The predicted octanol–water partition coefficient (Wildman–Crippen LogP) is 3.71. The smallest absolute Gasteiger partial charge is 0.248 e. The largest absolute Gasteiger partial charge is 0.391 e. The van der Waals surface area contributed by atoms with E-state index >= 15 is 0 Å². The fraction of sp³-hybridized carbons (Fsp3) is 0.407. The molecule has 2 N–H and O–H groups in total. The number of aromatic nitrogens is 3. The molecule has 1 aromatic heterocycles. The minimum absolute atomic E-state index is 0.0245. The normalized spacial score (nSPS) is 19.0. The third-order valence-electron chi connectivity index (χ3n) is 6.77. The highest BCUT2D eigenvalue weighted by Crippen LogP contribution is 2.29. The zero-order chi connectivity index (χ0) is 27.7. The summed E-state index contributed by atoms with van der Waals surface area (Å²) in [4.78, 5) is 28.2. The molecule has 0 saturated carbocycles. The zero-order valence-corrected chi connectivity index (χ0v) is 21.5. The van der Waals surface area contributed by atoms with Gasteiger partial charge in [0.05, 0.1) is 17.8 Å². The lowest BCUT2D eigenvalue weighted by Crippen LogP contribution is -2.49. The zero-order valence-electron chi connectivity index (χ0n) is 21.5. The van der Waals surface area contributed by atoms with E-state index in [9.17, 15) is 27.9 Å². The summed E-state index contributed by atoms with van der Waals surface area (Å²) in [6.45, 7) is 7.29. The molecular weight excluding hydrogens is 499 g/mol. The van der Waals surface area contributed by atoms with Crippen LogP contribution in [0.4, 0.5) is 13.2 Å². The fourth-order valence-electron chi connectivity index (χ4n) is 4.77. The van der Waals surface area contributed by atoms with Crippen LogP contribution in [-0.4, -0.2) is 55.5 Å². The third kappa shape index (κ3) is 5.42. The lowest BCUT2D eigenvalue weighted by atomic mass is 10.00. The van der Waals surface area contributed by atoms with Crippen molar-refractivity contribution >= 4 is 11.8 Å². The van der Waals surface area contributed by atoms with Gasteiger partial charge in [0, 0.05) is 24.7 Å². The SMILES string of the molecule is Cc1cn([C@H](C(=O)N2C[C@H](O)C[C@H]2C(=O)N[C@@H](C)c2ccc(-c3ccc(F)c(F)c3F)cc2)C(C)C)nn1. The Morgan fingerprint density at radius 2 is 1.74 bits per heavy atom. The van der Waals surface area contributed by atoms with Crippen molar-refractivity contribution in [1.29, 1.82) is 0 Å². The van der Waals surface area contributed by atoms with Gasteiger partial charge in [-0.2, -0.15) is 0 Å². The molecule has 0 spiro atoms. The van der Waals surface area contributed by atoms with Gasteiger partial charge in [-0.05, 0) is 43.0 Å². The van der Waals surface area contributed by atoms with Crippen LogP contribution in [0.2, 0.25) is 0 Å². The van der Waals surface area contributed by atoms with E-state index in [4.69, 9.17) is 0 Å². The van der Waals surface area contributed by atoms with Crippen LogP contribution in [0.1, 0.15) is 50.5 Å². The number of hydrogen-bond acceptors (Lipinski definition) is 5. The molecule has 0 radical (unpaired) electrons. The number of benzene rings is 2. The minimum atomic E-state index is -1.54. The lowest BCUT2D eigenvalue weighted by molar-refractivity contribution is -0.142. The summed E-state index contributed by atoms with van der Waals surface area (Å²) in [5, 5.41) is 21.2. The number of rotatable bonds is 7. The Labute approximate surface area is 218 Å². The molecule has 0 unspecified atom stereocenters. The highest BCUT2D eigenvalue weighted by Gasteiger charge is 2.42. The molecule has 11 heteroatoms. The summed E-state index contributed by atoms with van der Waals surface area (Å²) < 4.78 is 42.6. The first kappa shape index (κ1) is 27.3. The molecule has 202 valence electrons. The van der Waals surface area contributed by atoms with Gasteiger partial charge in [0.1, 0.15) is 12.1 Å². The second-order valence-electron chi connectivity index (χ2n) is 10.00. The van der Waals surface area contributed by atoms with Crippen molar-refractivity contribution in [1.82, 2.24) is 25.2 Å². The number of aliphatic hydroxyl groups is 1. The molecule has 8 nitrogen and oxygen atoms in total. The first-order chi connectivity index (χ1) is 18.0. The monoisotopic (exact) mass is 529 g/mol. The third-order valence-corrected chi connectivity index (χ3v) is 6.77. The van der Waals surface area contributed by atoms with Gasteiger partial charge in [-0.25, -0.2) is 17.9 Å². The number of carbonyl (C=O) groups is 2. The Morgan fingerprint density at radius 1 is 1.05 bits per heavy atom. The summed E-state index contributed by atoms with van der Waals surface area (Å²) in [5.74, 6) is -4.96. The Morgan fingerprint density at radius 3 is 2.34 bits per heavy atom. The molecule has 1 aliphatic heterocycles. The van der Waals surface area contributed by atoms with Gasteiger partial charge in [0.25, 0.3) is 0 Å². The van der Waals surface area contributed by atoms with Crippen LogP contribution in [-0.2, 0) is 9.59 Å². The van der Waals surface area contributed by atoms with Crippen LogP contribution >= 0.6 is 0 Å². The van der Waals surface area contributed by atoms with Crippen molar-refractivity contribution in [2.24, 2.45) is 5.92 Å². The molecule has 0 aliphatic carbocycles. The van der Waals surface area contributed by atoms with Crippen molar-refractivity contribution in [3.8, 4) is 11.1 Å². The first-order valence-electron chi connectivity index (χ1n) is 12.4. The Balaban J connectivity index is 1.48. The second kappa shape index (κ2) is 10.9. The maximum absolute atomic E-state index is 14.2. The van der Waals surface area contributed by atoms with Crippen LogP contribution in [0.25, 0.3) is 11.1 Å². The molecule has 0 bridgehead atoms. The summed E-state index contributed by atoms with van der Waals surface area (Å²) in [5.41, 5.74) is 1.61. The maximum atomic E-state index is 14.2. The molecule has 38 heavy (non-hydrogen) atoms. The number of likely N-dealkylation sites (tertiary alicyclic amines) is 1. The first-order valence-corrected chi connectivity index (χ1v) is 12.4. The van der Waals surface area contributed by atoms with Crippen LogP contribution in [0.3, 0.4) is 0 Å². The number of carbonyl (C=O) groups excluding carboxylic acids is 2. The summed E-state index contributed by atoms with van der Waals surface area (Å²) in [6, 6.07) is 6.38. The van der Waals surface area contributed by atoms with Crippen LogP contribution in [0.15, 0.2) is 42.6 Å². The van der Waals surface area contributed by atoms with Crippen LogP contribution < -0.4 is 5.32 Å². The van der Waals surface area contributed by atoms with Gasteiger partial charge in [-0.1, -0.05) is 43.3 Å². The van der Waals surface area contributed by atoms with Gasteiger partial charge in [0.15, 0.2) is 17.5 Å². The second-order valence-corrected chi connectivity index (χ2v) is 10.00. The Kier molecular flexibility index (Phi) is 7.86. The van der Waals surface area contributed by atoms with E-state index in [0.29, 0.717) is 16.8 Å². The van der Waals surface area contributed by atoms with Crippen LogP contribution in [0, 0.1) is 30.3 Å². The number of halogens is 3. The topological polar surface area (TPSA) is 100 Å². The molecule has 4 rings (SSSR count). The molecule has 2 amide bonds. The van der Waals surface area contributed by atoms with Gasteiger partial charge in [-0.3, -0.25) is 9.59 Å². The molecule has 2 aromatic carbocycles. The molecule has 1 fully saturated rings. The molecular formula is C27H30F3N5O3. The highest BCUT2D eigenvalue weighted by atomic mass is 19.2. The van der Waals surface area contributed by atoms with Crippen molar-refractivity contribution in [3.05, 3.63) is 71.3 Å². The van der Waals surface area contributed by atoms with E-state index in [1.165, 1.54) is 9.58 Å². The van der Waals surface area contributed by atoms with Gasteiger partial charge in [0.2, 0.25) is 11.8 Å². The molecule has 1 aliphatic rings. The average Bonchev–Trinajstić information content (AvgIpc) is 3.48. The molecule has 1 saturated heterocycles. The van der Waals surface area contributed by atoms with Crippen molar-refractivity contribution in [2.75, 3.05) is 6.54 Å². The fourth-order valence-corrected chi connectivity index (χ4v) is 4.77. The number of aryl methyl sites for hydroxylation is 1. The average molecular weight is 530 g/mol. The van der Waals surface area contributed by atoms with Crippen molar-refractivity contribution in [3.63, 3.8) is 0 Å². The van der Waals surface area contributed by atoms with E-state index in [1.54, 1.807) is 44.3 Å². The predicted molar refractivity (Wildman–Crippen MR) is 133 cm³/mol. The van der Waals surface area contributed by atoms with E-state index in [2.05, 4.69) is 15.6 Å².